The molecule has 170 valence electrons. The zero-order chi connectivity index (χ0) is 23.9. The van der Waals surface area contributed by atoms with Crippen molar-refractivity contribution < 1.29 is 18.7 Å². The highest BCUT2D eigenvalue weighted by atomic mass is 32.1. The van der Waals surface area contributed by atoms with E-state index in [2.05, 4.69) is 10.3 Å². The highest BCUT2D eigenvalue weighted by Crippen LogP contribution is 2.31. The van der Waals surface area contributed by atoms with E-state index >= 15 is 0 Å². The maximum atomic E-state index is 14.2. The van der Waals surface area contributed by atoms with Crippen LogP contribution in [-0.2, 0) is 9.59 Å². The molecule has 0 radical (unpaired) electrons. The van der Waals surface area contributed by atoms with Crippen molar-refractivity contribution in [2.75, 3.05) is 10.2 Å². The van der Waals surface area contributed by atoms with Gasteiger partial charge in [0.2, 0.25) is 11.8 Å². The van der Waals surface area contributed by atoms with Crippen LogP contribution in [0.25, 0.3) is 6.08 Å². The number of nitrogens with zero attached hydrogens (tertiary/aromatic N) is 2. The lowest BCUT2D eigenvalue weighted by Crippen LogP contribution is -2.23. The number of hydrogen-bond donors (Lipinski definition) is 1. The highest BCUT2D eigenvalue weighted by Gasteiger charge is 2.20. The van der Waals surface area contributed by atoms with Crippen molar-refractivity contribution in [1.82, 2.24) is 4.98 Å². The molecule has 0 bridgehead atoms. The fourth-order valence-electron chi connectivity index (χ4n) is 3.07. The van der Waals surface area contributed by atoms with Crippen molar-refractivity contribution in [1.29, 1.82) is 0 Å². The summed E-state index contributed by atoms with van der Waals surface area (Å²) in [4.78, 5) is 30.0. The van der Waals surface area contributed by atoms with Gasteiger partial charge in [-0.2, -0.15) is 0 Å². The minimum absolute atomic E-state index is 0.123. The number of amides is 2. The quantitative estimate of drug-likeness (QED) is 0.315. The lowest BCUT2D eigenvalue weighted by atomic mass is 10.3. The number of rotatable bonds is 7. The maximum Gasteiger partial charge on any atom is 0.248 e. The third kappa shape index (κ3) is 5.73. The van der Waals surface area contributed by atoms with Gasteiger partial charge in [-0.25, -0.2) is 9.37 Å². The summed E-state index contributed by atoms with van der Waals surface area (Å²) >= 11 is 1.18. The van der Waals surface area contributed by atoms with E-state index in [1.54, 1.807) is 41.8 Å². The van der Waals surface area contributed by atoms with Gasteiger partial charge in [-0.15, -0.1) is 11.3 Å². The Bertz CT molecular complexity index is 1320. The second-order valence-corrected chi connectivity index (χ2v) is 7.96. The highest BCUT2D eigenvalue weighted by molar-refractivity contribution is 7.14. The summed E-state index contributed by atoms with van der Waals surface area (Å²) in [6.07, 6.45) is 2.87. The van der Waals surface area contributed by atoms with E-state index in [1.807, 2.05) is 30.3 Å². The van der Waals surface area contributed by atoms with Gasteiger partial charge in [-0.1, -0.05) is 30.3 Å². The van der Waals surface area contributed by atoms with Crippen LogP contribution in [0.2, 0.25) is 0 Å². The van der Waals surface area contributed by atoms with E-state index in [-0.39, 0.29) is 17.5 Å². The van der Waals surface area contributed by atoms with Crippen LogP contribution in [0.3, 0.4) is 0 Å². The van der Waals surface area contributed by atoms with E-state index < -0.39 is 5.82 Å². The van der Waals surface area contributed by atoms with Gasteiger partial charge < -0.3 is 10.1 Å². The van der Waals surface area contributed by atoms with Crippen LogP contribution in [0, 0.1) is 5.82 Å². The van der Waals surface area contributed by atoms with Crippen LogP contribution in [-0.4, -0.2) is 16.8 Å². The Labute approximate surface area is 200 Å². The topological polar surface area (TPSA) is 71.5 Å². The molecule has 0 saturated carbocycles. The summed E-state index contributed by atoms with van der Waals surface area (Å²) in [6, 6.07) is 22.4. The molecule has 0 aliphatic rings. The Kier molecular flexibility index (Phi) is 7.10. The second kappa shape index (κ2) is 10.5. The third-order valence-electron chi connectivity index (χ3n) is 4.62. The molecule has 6 nitrogen and oxygen atoms in total. The number of benzene rings is 3. The summed E-state index contributed by atoms with van der Waals surface area (Å²) in [5.74, 6) is 0.142. The molecule has 1 aromatic heterocycles. The zero-order valence-electron chi connectivity index (χ0n) is 18.1. The van der Waals surface area contributed by atoms with Gasteiger partial charge in [0.05, 0.1) is 11.4 Å². The van der Waals surface area contributed by atoms with E-state index in [0.29, 0.717) is 22.3 Å². The molecule has 0 unspecified atom stereocenters. The first-order valence-electron chi connectivity index (χ1n) is 10.3. The van der Waals surface area contributed by atoms with Gasteiger partial charge in [-0.05, 0) is 54.6 Å². The summed E-state index contributed by atoms with van der Waals surface area (Å²) in [5.41, 5.74) is 1.21. The van der Waals surface area contributed by atoms with Gasteiger partial charge in [0.1, 0.15) is 17.3 Å². The Hall–Kier alpha value is -4.30. The van der Waals surface area contributed by atoms with Gasteiger partial charge >= 0.3 is 0 Å². The van der Waals surface area contributed by atoms with Crippen molar-refractivity contribution in [3.8, 4) is 11.5 Å². The molecule has 1 N–H and O–H groups in total. The Morgan fingerprint density at radius 2 is 1.65 bits per heavy atom. The predicted octanol–water partition coefficient (Wildman–Crippen LogP) is 6.41. The number of hydrogen-bond acceptors (Lipinski definition) is 5. The van der Waals surface area contributed by atoms with Crippen LogP contribution in [0.1, 0.15) is 12.6 Å². The molecule has 4 aromatic rings. The minimum Gasteiger partial charge on any atom is -0.457 e. The summed E-state index contributed by atoms with van der Waals surface area (Å²) in [5, 5.41) is 4.76. The smallest absolute Gasteiger partial charge is 0.248 e. The largest absolute Gasteiger partial charge is 0.457 e. The molecule has 0 aliphatic carbocycles. The van der Waals surface area contributed by atoms with Crippen molar-refractivity contribution in [2.24, 2.45) is 0 Å². The van der Waals surface area contributed by atoms with Crippen molar-refractivity contribution in [3.63, 3.8) is 0 Å². The first-order valence-corrected chi connectivity index (χ1v) is 11.2. The van der Waals surface area contributed by atoms with Crippen LogP contribution in [0.15, 0.2) is 90.3 Å². The van der Waals surface area contributed by atoms with Crippen molar-refractivity contribution >= 4 is 45.7 Å². The number of aromatic nitrogens is 1. The van der Waals surface area contributed by atoms with Crippen molar-refractivity contribution in [2.45, 2.75) is 6.92 Å². The van der Waals surface area contributed by atoms with Crippen LogP contribution in [0.4, 0.5) is 20.9 Å². The van der Waals surface area contributed by atoms with E-state index in [1.165, 1.54) is 47.4 Å². The van der Waals surface area contributed by atoms with Gasteiger partial charge in [0.25, 0.3) is 0 Å². The minimum atomic E-state index is -0.524. The number of carbonyl (C=O) groups excluding carboxylic acids is 2. The fraction of sp³-hybridized carbons (Fsp3) is 0.0385. The van der Waals surface area contributed by atoms with Crippen LogP contribution >= 0.6 is 11.3 Å². The lowest BCUT2D eigenvalue weighted by Gasteiger charge is -2.18. The molecule has 0 saturated heterocycles. The van der Waals surface area contributed by atoms with Crippen molar-refractivity contribution in [3.05, 3.63) is 102 Å². The van der Waals surface area contributed by atoms with Crippen LogP contribution < -0.4 is 15.0 Å². The second-order valence-electron chi connectivity index (χ2n) is 7.12. The normalized spacial score (nSPS) is 10.8. The monoisotopic (exact) mass is 473 g/mol. The van der Waals surface area contributed by atoms with Gasteiger partial charge in [0, 0.05) is 24.1 Å². The first kappa shape index (κ1) is 22.9. The number of nitrogens with one attached hydrogen (secondary N) is 1. The molecule has 0 fully saturated rings. The fourth-order valence-corrected chi connectivity index (χ4v) is 3.92. The molecule has 1 heterocycles. The molecule has 0 atom stereocenters. The molecule has 2 amide bonds. The Morgan fingerprint density at radius 3 is 2.35 bits per heavy atom. The summed E-state index contributed by atoms with van der Waals surface area (Å²) < 4.78 is 19.9. The molecule has 4 rings (SSSR count). The number of anilines is 3. The van der Waals surface area contributed by atoms with Gasteiger partial charge in [-0.3, -0.25) is 14.5 Å². The number of ether oxygens (including phenoxy) is 1. The number of carbonyl (C=O) groups is 2. The lowest BCUT2D eigenvalue weighted by molar-refractivity contribution is -0.116. The molecular weight excluding hydrogens is 453 g/mol. The number of halogens is 1. The first-order chi connectivity index (χ1) is 16.5. The molecule has 3 aromatic carbocycles. The number of thiazole rings is 1. The number of para-hydroxylation sites is 2. The van der Waals surface area contributed by atoms with E-state index in [9.17, 15) is 14.0 Å². The summed E-state index contributed by atoms with van der Waals surface area (Å²) in [7, 11) is 0. The van der Waals surface area contributed by atoms with E-state index in [4.69, 9.17) is 4.74 Å². The summed E-state index contributed by atoms with van der Waals surface area (Å²) in [6.45, 7) is 1.34. The average Bonchev–Trinajstić information content (AvgIpc) is 3.29. The Balaban J connectivity index is 1.39. The molecular formula is C26H20FN3O3S. The molecule has 8 heteroatoms. The maximum absolute atomic E-state index is 14.2. The molecule has 0 aliphatic heterocycles. The third-order valence-corrected chi connectivity index (χ3v) is 5.46. The molecule has 0 spiro atoms. The standard InChI is InChI=1S/C26H20FN3O3S/c1-18(31)30(24-10-6-5-9-23(24)27)26-29-20(17-34-26)13-16-25(32)28-19-11-14-22(15-12-19)33-21-7-3-2-4-8-21/h2-17H,1H3,(H,28,32)/b16-13+. The predicted molar refractivity (Wildman–Crippen MR) is 132 cm³/mol. The van der Waals surface area contributed by atoms with Crippen LogP contribution in [0.5, 0.6) is 11.5 Å². The zero-order valence-corrected chi connectivity index (χ0v) is 19.0. The van der Waals surface area contributed by atoms with Gasteiger partial charge in [0.15, 0.2) is 5.13 Å². The van der Waals surface area contributed by atoms with E-state index in [0.717, 1.165) is 5.75 Å². The Morgan fingerprint density at radius 1 is 0.971 bits per heavy atom. The molecule has 34 heavy (non-hydrogen) atoms. The SMILES string of the molecule is CC(=O)N(c1nc(/C=C/C(=O)Nc2ccc(Oc3ccccc3)cc2)cs1)c1ccccc1F. The average molecular weight is 474 g/mol.